The standard InChI is InChI=1S/C13H17ClFN/c1-16-13(7-9-3-2-4-9)11-8-10(14)5-6-12(11)15/h5-6,8-9,13,16H,2-4,7H2,1H3. The van der Waals surface area contributed by atoms with Gasteiger partial charge < -0.3 is 5.32 Å². The second-order valence-electron chi connectivity index (χ2n) is 4.54. The Balaban J connectivity index is 2.14. The highest BCUT2D eigenvalue weighted by Gasteiger charge is 2.23. The topological polar surface area (TPSA) is 12.0 Å². The van der Waals surface area contributed by atoms with Gasteiger partial charge in [0.05, 0.1) is 0 Å². The third-order valence-electron chi connectivity index (χ3n) is 3.48. The molecule has 16 heavy (non-hydrogen) atoms. The summed E-state index contributed by atoms with van der Waals surface area (Å²) < 4.78 is 13.7. The molecular weight excluding hydrogens is 225 g/mol. The van der Waals surface area contributed by atoms with Crippen molar-refractivity contribution in [2.75, 3.05) is 7.05 Å². The van der Waals surface area contributed by atoms with Crippen molar-refractivity contribution in [1.29, 1.82) is 0 Å². The molecule has 0 spiro atoms. The third-order valence-corrected chi connectivity index (χ3v) is 3.71. The highest BCUT2D eigenvalue weighted by molar-refractivity contribution is 6.30. The zero-order chi connectivity index (χ0) is 11.5. The number of nitrogens with one attached hydrogen (secondary N) is 1. The van der Waals surface area contributed by atoms with Crippen LogP contribution in [0, 0.1) is 11.7 Å². The van der Waals surface area contributed by atoms with Crippen LogP contribution in [0.5, 0.6) is 0 Å². The van der Waals surface area contributed by atoms with Crippen LogP contribution in [0.3, 0.4) is 0 Å². The molecule has 1 N–H and O–H groups in total. The van der Waals surface area contributed by atoms with Crippen LogP contribution >= 0.6 is 11.6 Å². The van der Waals surface area contributed by atoms with Gasteiger partial charge in [0.15, 0.2) is 0 Å². The highest BCUT2D eigenvalue weighted by Crippen LogP contribution is 2.35. The number of benzene rings is 1. The van der Waals surface area contributed by atoms with Gasteiger partial charge in [-0.3, -0.25) is 0 Å². The van der Waals surface area contributed by atoms with Crippen LogP contribution < -0.4 is 5.32 Å². The van der Waals surface area contributed by atoms with Crippen LogP contribution in [0.25, 0.3) is 0 Å². The maximum Gasteiger partial charge on any atom is 0.128 e. The van der Waals surface area contributed by atoms with Crippen LogP contribution in [-0.4, -0.2) is 7.05 Å². The summed E-state index contributed by atoms with van der Waals surface area (Å²) in [4.78, 5) is 0. The molecule has 0 saturated heterocycles. The van der Waals surface area contributed by atoms with E-state index in [1.807, 2.05) is 7.05 Å². The molecule has 1 aromatic carbocycles. The minimum Gasteiger partial charge on any atom is -0.313 e. The zero-order valence-corrected chi connectivity index (χ0v) is 10.2. The zero-order valence-electron chi connectivity index (χ0n) is 9.47. The fourth-order valence-corrected chi connectivity index (χ4v) is 2.42. The number of halogens is 2. The normalized spacial score (nSPS) is 18.2. The summed E-state index contributed by atoms with van der Waals surface area (Å²) in [5.74, 6) is 0.582. The molecule has 88 valence electrons. The molecule has 1 nitrogen and oxygen atoms in total. The van der Waals surface area contributed by atoms with Crippen molar-refractivity contribution < 1.29 is 4.39 Å². The van der Waals surface area contributed by atoms with Crippen molar-refractivity contribution in [3.63, 3.8) is 0 Å². The van der Waals surface area contributed by atoms with Gasteiger partial charge in [-0.15, -0.1) is 0 Å². The molecule has 0 aromatic heterocycles. The molecule has 1 unspecified atom stereocenters. The van der Waals surface area contributed by atoms with Gasteiger partial charge in [0, 0.05) is 16.6 Å². The Morgan fingerprint density at radius 1 is 1.50 bits per heavy atom. The van der Waals surface area contributed by atoms with E-state index in [0.717, 1.165) is 12.3 Å². The molecule has 0 bridgehead atoms. The lowest BCUT2D eigenvalue weighted by molar-refractivity contribution is 0.263. The summed E-state index contributed by atoms with van der Waals surface area (Å²) in [6, 6.07) is 4.86. The van der Waals surface area contributed by atoms with E-state index in [-0.39, 0.29) is 11.9 Å². The molecule has 0 aliphatic heterocycles. The van der Waals surface area contributed by atoms with E-state index < -0.39 is 0 Å². The molecule has 0 heterocycles. The van der Waals surface area contributed by atoms with Gasteiger partial charge in [0.1, 0.15) is 5.82 Å². The first kappa shape index (κ1) is 11.9. The van der Waals surface area contributed by atoms with Crippen LogP contribution in [0.15, 0.2) is 18.2 Å². The molecule has 1 aromatic rings. The quantitative estimate of drug-likeness (QED) is 0.842. The molecule has 3 heteroatoms. The molecule has 1 aliphatic rings. The summed E-state index contributed by atoms with van der Waals surface area (Å²) in [6.07, 6.45) is 4.88. The van der Waals surface area contributed by atoms with E-state index in [2.05, 4.69) is 5.32 Å². The lowest BCUT2D eigenvalue weighted by atomic mass is 9.79. The minimum atomic E-state index is -0.164. The fourth-order valence-electron chi connectivity index (χ4n) is 2.24. The maximum absolute atomic E-state index is 13.7. The molecule has 0 radical (unpaired) electrons. The first-order valence-corrected chi connectivity index (χ1v) is 6.20. The molecule has 1 atom stereocenters. The Morgan fingerprint density at radius 3 is 2.81 bits per heavy atom. The smallest absolute Gasteiger partial charge is 0.128 e. The van der Waals surface area contributed by atoms with E-state index in [1.54, 1.807) is 12.1 Å². The lowest BCUT2D eigenvalue weighted by Gasteiger charge is -2.30. The average Bonchev–Trinajstić information content (AvgIpc) is 2.21. The lowest BCUT2D eigenvalue weighted by Crippen LogP contribution is -2.24. The van der Waals surface area contributed by atoms with Gasteiger partial charge in [-0.25, -0.2) is 4.39 Å². The maximum atomic E-state index is 13.7. The molecular formula is C13H17ClFN. The minimum absolute atomic E-state index is 0.0870. The van der Waals surface area contributed by atoms with E-state index in [1.165, 1.54) is 25.3 Å². The van der Waals surface area contributed by atoms with Crippen LogP contribution in [0.2, 0.25) is 5.02 Å². The number of hydrogen-bond donors (Lipinski definition) is 1. The Bertz CT molecular complexity index is 363. The van der Waals surface area contributed by atoms with E-state index in [9.17, 15) is 4.39 Å². The van der Waals surface area contributed by atoms with Gasteiger partial charge in [-0.05, 0) is 37.6 Å². The summed E-state index contributed by atoms with van der Waals surface area (Å²) in [7, 11) is 1.88. The Morgan fingerprint density at radius 2 is 2.25 bits per heavy atom. The van der Waals surface area contributed by atoms with Gasteiger partial charge in [0.25, 0.3) is 0 Å². The summed E-state index contributed by atoms with van der Waals surface area (Å²) >= 11 is 5.91. The van der Waals surface area contributed by atoms with Crippen molar-refractivity contribution >= 4 is 11.6 Å². The summed E-state index contributed by atoms with van der Waals surface area (Å²) in [6.45, 7) is 0. The predicted octanol–water partition coefficient (Wildman–Crippen LogP) is 3.93. The Kier molecular flexibility index (Phi) is 3.82. The van der Waals surface area contributed by atoms with Crippen LogP contribution in [0.1, 0.15) is 37.3 Å². The largest absolute Gasteiger partial charge is 0.313 e. The van der Waals surface area contributed by atoms with Crippen molar-refractivity contribution in [1.82, 2.24) is 5.32 Å². The average molecular weight is 242 g/mol. The molecule has 1 saturated carbocycles. The molecule has 2 rings (SSSR count). The number of hydrogen-bond acceptors (Lipinski definition) is 1. The third kappa shape index (κ3) is 2.55. The van der Waals surface area contributed by atoms with Gasteiger partial charge >= 0.3 is 0 Å². The van der Waals surface area contributed by atoms with E-state index in [0.29, 0.717) is 10.6 Å². The monoisotopic (exact) mass is 241 g/mol. The first-order chi connectivity index (χ1) is 7.70. The Hall–Kier alpha value is -0.600. The second kappa shape index (κ2) is 5.15. The summed E-state index contributed by atoms with van der Waals surface area (Å²) in [5.41, 5.74) is 0.696. The highest BCUT2D eigenvalue weighted by atomic mass is 35.5. The van der Waals surface area contributed by atoms with Gasteiger partial charge in [-0.1, -0.05) is 30.9 Å². The van der Waals surface area contributed by atoms with Crippen molar-refractivity contribution in [2.45, 2.75) is 31.7 Å². The second-order valence-corrected chi connectivity index (χ2v) is 4.98. The molecule has 1 fully saturated rings. The van der Waals surface area contributed by atoms with Crippen molar-refractivity contribution in [2.24, 2.45) is 5.92 Å². The van der Waals surface area contributed by atoms with Gasteiger partial charge in [-0.2, -0.15) is 0 Å². The van der Waals surface area contributed by atoms with Crippen LogP contribution in [-0.2, 0) is 0 Å². The first-order valence-electron chi connectivity index (χ1n) is 5.83. The predicted molar refractivity (Wildman–Crippen MR) is 65.2 cm³/mol. The SMILES string of the molecule is CNC(CC1CCC1)c1cc(Cl)ccc1F. The fraction of sp³-hybridized carbons (Fsp3) is 0.538. The molecule has 1 aliphatic carbocycles. The van der Waals surface area contributed by atoms with E-state index >= 15 is 0 Å². The number of rotatable bonds is 4. The molecule has 0 amide bonds. The van der Waals surface area contributed by atoms with E-state index in [4.69, 9.17) is 11.6 Å². The van der Waals surface area contributed by atoms with Crippen molar-refractivity contribution in [3.8, 4) is 0 Å². The van der Waals surface area contributed by atoms with Gasteiger partial charge in [0.2, 0.25) is 0 Å². The summed E-state index contributed by atoms with van der Waals surface area (Å²) in [5, 5.41) is 3.79. The van der Waals surface area contributed by atoms with Crippen molar-refractivity contribution in [3.05, 3.63) is 34.6 Å². The Labute approximate surface area is 101 Å². The van der Waals surface area contributed by atoms with Crippen LogP contribution in [0.4, 0.5) is 4.39 Å².